The Balaban J connectivity index is 1.75. The Morgan fingerprint density at radius 3 is 2.61 bits per heavy atom. The third-order valence-electron chi connectivity index (χ3n) is 3.48. The summed E-state index contributed by atoms with van der Waals surface area (Å²) in [6.07, 6.45) is 1.96. The summed E-state index contributed by atoms with van der Waals surface area (Å²) in [4.78, 5) is 12.0. The fourth-order valence-electron chi connectivity index (χ4n) is 2.04. The van der Waals surface area contributed by atoms with Crippen molar-refractivity contribution < 1.29 is 9.53 Å². The molecule has 0 radical (unpaired) electrons. The van der Waals surface area contributed by atoms with Gasteiger partial charge in [-0.2, -0.15) is 0 Å². The molecule has 1 atom stereocenters. The fourth-order valence-corrected chi connectivity index (χ4v) is 2.04. The zero-order valence-electron chi connectivity index (χ0n) is 11.1. The summed E-state index contributed by atoms with van der Waals surface area (Å²) >= 11 is 0. The van der Waals surface area contributed by atoms with E-state index in [1.807, 2.05) is 25.1 Å². The van der Waals surface area contributed by atoms with Crippen LogP contribution in [-0.2, 0) is 16.0 Å². The van der Waals surface area contributed by atoms with Gasteiger partial charge in [-0.15, -0.1) is 0 Å². The Kier molecular flexibility index (Phi) is 4.02. The van der Waals surface area contributed by atoms with E-state index < -0.39 is 0 Å². The van der Waals surface area contributed by atoms with E-state index in [2.05, 4.69) is 24.4 Å². The van der Waals surface area contributed by atoms with Gasteiger partial charge in [0, 0.05) is 6.04 Å². The number of aryl methyl sites for hydroxylation is 1. The van der Waals surface area contributed by atoms with Gasteiger partial charge in [-0.05, 0) is 32.3 Å². The summed E-state index contributed by atoms with van der Waals surface area (Å²) in [7, 11) is 0. The van der Waals surface area contributed by atoms with Crippen molar-refractivity contribution in [3.63, 3.8) is 0 Å². The molecule has 1 saturated heterocycles. The van der Waals surface area contributed by atoms with Crippen LogP contribution in [0.3, 0.4) is 0 Å². The lowest BCUT2D eigenvalue weighted by Crippen LogP contribution is -2.53. The molecule has 1 unspecified atom stereocenters. The van der Waals surface area contributed by atoms with E-state index in [1.165, 1.54) is 5.56 Å². The maximum Gasteiger partial charge on any atom is 0.230 e. The Morgan fingerprint density at radius 1 is 1.39 bits per heavy atom. The van der Waals surface area contributed by atoms with E-state index in [1.54, 1.807) is 0 Å². The fraction of sp³-hybridized carbons (Fsp3) is 0.533. The number of carbonyl (C=O) groups excluding carboxylic acids is 1. The molecule has 1 amide bonds. The molecule has 2 rings (SSSR count). The van der Waals surface area contributed by atoms with Gasteiger partial charge >= 0.3 is 0 Å². The summed E-state index contributed by atoms with van der Waals surface area (Å²) in [5.41, 5.74) is 1.01. The quantitative estimate of drug-likeness (QED) is 0.866. The van der Waals surface area contributed by atoms with Crippen molar-refractivity contribution in [2.45, 2.75) is 32.7 Å². The standard InChI is InChI=1S/C15H21NO2/c1-12(8-9-13-6-4-3-5-7-13)16-14(17)15(2)10-18-11-15/h3-7,12H,8-11H2,1-2H3,(H,16,17). The summed E-state index contributed by atoms with van der Waals surface area (Å²) < 4.78 is 5.11. The monoisotopic (exact) mass is 247 g/mol. The minimum absolute atomic E-state index is 0.120. The van der Waals surface area contributed by atoms with Gasteiger partial charge in [0.2, 0.25) is 5.91 Å². The number of nitrogens with one attached hydrogen (secondary N) is 1. The molecular weight excluding hydrogens is 226 g/mol. The second-order valence-electron chi connectivity index (χ2n) is 5.45. The molecule has 1 aromatic rings. The maximum absolute atomic E-state index is 12.0. The van der Waals surface area contributed by atoms with Crippen molar-refractivity contribution in [1.29, 1.82) is 0 Å². The van der Waals surface area contributed by atoms with Crippen molar-refractivity contribution in [1.82, 2.24) is 5.32 Å². The molecular formula is C15H21NO2. The highest BCUT2D eigenvalue weighted by Gasteiger charge is 2.41. The third kappa shape index (κ3) is 3.10. The van der Waals surface area contributed by atoms with E-state index in [0.29, 0.717) is 13.2 Å². The normalized spacial score (nSPS) is 18.8. The van der Waals surface area contributed by atoms with Gasteiger partial charge in [-0.25, -0.2) is 0 Å². The largest absolute Gasteiger partial charge is 0.379 e. The minimum Gasteiger partial charge on any atom is -0.379 e. The predicted octanol–water partition coefficient (Wildman–Crippen LogP) is 2.16. The molecule has 3 heteroatoms. The number of carbonyl (C=O) groups is 1. The van der Waals surface area contributed by atoms with Crippen molar-refractivity contribution >= 4 is 5.91 Å². The summed E-state index contributed by atoms with van der Waals surface area (Å²) in [5.74, 6) is 0.120. The molecule has 0 bridgehead atoms. The Morgan fingerprint density at radius 2 is 2.06 bits per heavy atom. The van der Waals surface area contributed by atoms with Gasteiger partial charge < -0.3 is 10.1 Å². The van der Waals surface area contributed by atoms with Gasteiger partial charge in [-0.1, -0.05) is 30.3 Å². The second kappa shape index (κ2) is 5.53. The number of amides is 1. The molecule has 1 heterocycles. The van der Waals surface area contributed by atoms with E-state index >= 15 is 0 Å². The third-order valence-corrected chi connectivity index (χ3v) is 3.48. The molecule has 1 N–H and O–H groups in total. The first kappa shape index (κ1) is 13.1. The molecule has 0 spiro atoms. The van der Waals surface area contributed by atoms with Crippen molar-refractivity contribution in [3.8, 4) is 0 Å². The van der Waals surface area contributed by atoms with Crippen LogP contribution >= 0.6 is 0 Å². The molecule has 1 aromatic carbocycles. The predicted molar refractivity (Wildman–Crippen MR) is 71.3 cm³/mol. The molecule has 0 saturated carbocycles. The number of benzene rings is 1. The van der Waals surface area contributed by atoms with Crippen LogP contribution in [0.25, 0.3) is 0 Å². The van der Waals surface area contributed by atoms with Crippen molar-refractivity contribution in [2.75, 3.05) is 13.2 Å². The van der Waals surface area contributed by atoms with Gasteiger partial charge in [0.25, 0.3) is 0 Å². The SMILES string of the molecule is CC(CCc1ccccc1)NC(=O)C1(C)COC1. The Hall–Kier alpha value is -1.35. The van der Waals surface area contributed by atoms with Crippen LogP contribution < -0.4 is 5.32 Å². The first-order chi connectivity index (χ1) is 8.60. The molecule has 18 heavy (non-hydrogen) atoms. The van der Waals surface area contributed by atoms with Crippen LogP contribution in [0.1, 0.15) is 25.8 Å². The van der Waals surface area contributed by atoms with Crippen LogP contribution in [-0.4, -0.2) is 25.2 Å². The number of hydrogen-bond donors (Lipinski definition) is 1. The average Bonchev–Trinajstić information content (AvgIpc) is 2.34. The first-order valence-electron chi connectivity index (χ1n) is 6.53. The summed E-state index contributed by atoms with van der Waals surface area (Å²) in [6.45, 7) is 5.11. The van der Waals surface area contributed by atoms with Crippen LogP contribution in [0, 0.1) is 5.41 Å². The van der Waals surface area contributed by atoms with Crippen molar-refractivity contribution in [3.05, 3.63) is 35.9 Å². The molecule has 1 fully saturated rings. The number of ether oxygens (including phenoxy) is 1. The highest BCUT2D eigenvalue weighted by atomic mass is 16.5. The highest BCUT2D eigenvalue weighted by Crippen LogP contribution is 2.26. The zero-order chi connectivity index (χ0) is 13.0. The lowest BCUT2D eigenvalue weighted by molar-refractivity contribution is -0.158. The zero-order valence-corrected chi connectivity index (χ0v) is 11.1. The lowest BCUT2D eigenvalue weighted by Gasteiger charge is -2.37. The highest BCUT2D eigenvalue weighted by molar-refractivity contribution is 5.83. The van der Waals surface area contributed by atoms with Crippen LogP contribution in [0.5, 0.6) is 0 Å². The number of rotatable bonds is 5. The summed E-state index contributed by atoms with van der Waals surface area (Å²) in [5, 5.41) is 3.07. The van der Waals surface area contributed by atoms with E-state index in [9.17, 15) is 4.79 Å². The van der Waals surface area contributed by atoms with Gasteiger partial charge in [0.1, 0.15) is 0 Å². The first-order valence-corrected chi connectivity index (χ1v) is 6.53. The van der Waals surface area contributed by atoms with Crippen LogP contribution in [0.4, 0.5) is 0 Å². The smallest absolute Gasteiger partial charge is 0.230 e. The van der Waals surface area contributed by atoms with Crippen molar-refractivity contribution in [2.24, 2.45) is 5.41 Å². The van der Waals surface area contributed by atoms with Gasteiger partial charge in [0.15, 0.2) is 0 Å². The lowest BCUT2D eigenvalue weighted by atomic mass is 9.87. The molecule has 1 aliphatic rings. The maximum atomic E-state index is 12.0. The van der Waals surface area contributed by atoms with E-state index in [0.717, 1.165) is 12.8 Å². The van der Waals surface area contributed by atoms with Gasteiger partial charge in [0.05, 0.1) is 18.6 Å². The summed E-state index contributed by atoms with van der Waals surface area (Å²) in [6, 6.07) is 10.6. The Labute approximate surface area is 109 Å². The topological polar surface area (TPSA) is 38.3 Å². The average molecular weight is 247 g/mol. The molecule has 3 nitrogen and oxygen atoms in total. The second-order valence-corrected chi connectivity index (χ2v) is 5.45. The van der Waals surface area contributed by atoms with Crippen LogP contribution in [0.2, 0.25) is 0 Å². The molecule has 1 aliphatic heterocycles. The van der Waals surface area contributed by atoms with Crippen LogP contribution in [0.15, 0.2) is 30.3 Å². The molecule has 0 aromatic heterocycles. The molecule has 0 aliphatic carbocycles. The van der Waals surface area contributed by atoms with E-state index in [-0.39, 0.29) is 17.4 Å². The van der Waals surface area contributed by atoms with E-state index in [4.69, 9.17) is 4.74 Å². The number of hydrogen-bond acceptors (Lipinski definition) is 2. The van der Waals surface area contributed by atoms with Gasteiger partial charge in [-0.3, -0.25) is 4.79 Å². The minimum atomic E-state index is -0.305. The molecule has 98 valence electrons. The Bertz CT molecular complexity index is 398.